The van der Waals surface area contributed by atoms with E-state index in [0.29, 0.717) is 30.9 Å². The lowest BCUT2D eigenvalue weighted by molar-refractivity contribution is -0.157. The monoisotopic (exact) mass is 658 g/mol. The highest BCUT2D eigenvalue weighted by molar-refractivity contribution is 7.91. The molecule has 5 aliphatic rings. The van der Waals surface area contributed by atoms with Crippen LogP contribution in [0.3, 0.4) is 0 Å². The van der Waals surface area contributed by atoms with Crippen LogP contribution in [0.4, 0.5) is 0 Å². The van der Waals surface area contributed by atoms with Crippen molar-refractivity contribution in [2.45, 2.75) is 94.9 Å². The molecule has 47 heavy (non-hydrogen) atoms. The highest BCUT2D eigenvalue weighted by Gasteiger charge is 2.66. The summed E-state index contributed by atoms with van der Waals surface area (Å²) in [7, 11) is -0.0601. The number of ether oxygens (including phenoxy) is 1. The minimum absolute atomic E-state index is 0.0358. The van der Waals surface area contributed by atoms with Crippen molar-refractivity contribution in [1.82, 2.24) is 19.5 Å². The maximum absolute atomic E-state index is 14.8. The predicted octanol–water partition coefficient (Wildman–Crippen LogP) is 5.53. The molecule has 0 bridgehead atoms. The van der Waals surface area contributed by atoms with Crippen LogP contribution in [0.2, 0.25) is 0 Å². The maximum atomic E-state index is 14.8. The number of nitrogens with zero attached hydrogens (tertiary/aromatic N) is 2. The van der Waals surface area contributed by atoms with Gasteiger partial charge in [-0.1, -0.05) is 39.2 Å². The van der Waals surface area contributed by atoms with Crippen LogP contribution in [-0.4, -0.2) is 68.2 Å². The standard InChI is InChI=1S/C37H46N4O5S/c1-36(2)20-41(31(36)19-38-3)35(43)37-18-29(37)28-17-24(46-4)11-15-26(28)33-32(22-8-6-5-7-9-22)27-14-10-23(16-30(27)40(33)21-37)34(42)39-47(44,45)25-12-13-25/h10-11,14-17,22,25,29,31,38H,5-9,12-13,18-21H2,1-4H3,(H,39,42)/t29?,31-,37?/m1/s1. The molecule has 0 radical (unpaired) electrons. The van der Waals surface area contributed by atoms with Crippen molar-refractivity contribution < 1.29 is 22.7 Å². The SMILES string of the molecule is CNC[C@H]1N(C(=O)C23CC2c2cc(OC)ccc2-c2c(C4CCCCC4)c4ccc(C(=O)NS(=O)(=O)C5CC5)cc4n2C3)CC1(C)C. The summed E-state index contributed by atoms with van der Waals surface area (Å²) in [5.41, 5.74) is 5.38. The fourth-order valence-corrected chi connectivity index (χ4v) is 10.4. The summed E-state index contributed by atoms with van der Waals surface area (Å²) >= 11 is 0. The van der Waals surface area contributed by atoms with Gasteiger partial charge in [0.25, 0.3) is 5.91 Å². The molecule has 4 fully saturated rings. The number of likely N-dealkylation sites (tertiary alicyclic amines) is 1. The summed E-state index contributed by atoms with van der Waals surface area (Å²) in [4.78, 5) is 30.3. The Morgan fingerprint density at radius 3 is 2.45 bits per heavy atom. The molecular formula is C37H46N4O5S. The van der Waals surface area contributed by atoms with Crippen molar-refractivity contribution in [3.05, 3.63) is 53.1 Å². The van der Waals surface area contributed by atoms with Crippen molar-refractivity contribution in [2.75, 3.05) is 27.2 Å². The molecule has 2 aromatic carbocycles. The largest absolute Gasteiger partial charge is 0.497 e. The molecule has 2 aliphatic heterocycles. The Kier molecular flexibility index (Phi) is 7.12. The molecule has 0 spiro atoms. The van der Waals surface area contributed by atoms with Gasteiger partial charge in [-0.05, 0) is 86.5 Å². The van der Waals surface area contributed by atoms with E-state index < -0.39 is 26.6 Å². The van der Waals surface area contributed by atoms with E-state index in [0.717, 1.165) is 65.8 Å². The van der Waals surface area contributed by atoms with E-state index in [1.165, 1.54) is 24.8 Å². The number of benzene rings is 2. The highest BCUT2D eigenvalue weighted by atomic mass is 32.2. The zero-order chi connectivity index (χ0) is 32.9. The Balaban J connectivity index is 1.31. The number of carbonyl (C=O) groups is 2. The van der Waals surface area contributed by atoms with Gasteiger partial charge >= 0.3 is 0 Å². The van der Waals surface area contributed by atoms with Gasteiger partial charge in [-0.25, -0.2) is 13.1 Å². The van der Waals surface area contributed by atoms with Gasteiger partial charge in [0.05, 0.1) is 29.5 Å². The number of amides is 2. The van der Waals surface area contributed by atoms with Crippen LogP contribution in [0.5, 0.6) is 5.75 Å². The van der Waals surface area contributed by atoms with E-state index in [9.17, 15) is 18.0 Å². The minimum atomic E-state index is -3.69. The third kappa shape index (κ3) is 4.84. The number of sulfonamides is 1. The summed E-state index contributed by atoms with van der Waals surface area (Å²) in [6.45, 7) is 6.45. The number of fused-ring (bicyclic) bond motifs is 7. The first-order chi connectivity index (χ1) is 22.5. The van der Waals surface area contributed by atoms with Gasteiger partial charge in [0.2, 0.25) is 15.9 Å². The number of carbonyl (C=O) groups excluding carboxylic acids is 2. The summed E-state index contributed by atoms with van der Waals surface area (Å²) in [6.07, 6.45) is 7.71. The number of aromatic nitrogens is 1. The van der Waals surface area contributed by atoms with Gasteiger partial charge in [0.15, 0.2) is 0 Å². The first kappa shape index (κ1) is 30.9. The van der Waals surface area contributed by atoms with E-state index >= 15 is 0 Å². The lowest BCUT2D eigenvalue weighted by Gasteiger charge is -2.55. The number of rotatable bonds is 8. The smallest absolute Gasteiger partial charge is 0.264 e. The molecule has 1 aromatic heterocycles. The summed E-state index contributed by atoms with van der Waals surface area (Å²) in [6, 6.07) is 12.1. The molecule has 9 nitrogen and oxygen atoms in total. The molecule has 1 saturated heterocycles. The molecule has 2 unspecified atom stereocenters. The van der Waals surface area contributed by atoms with Gasteiger partial charge in [-0.15, -0.1) is 0 Å². The van der Waals surface area contributed by atoms with Crippen LogP contribution in [0, 0.1) is 10.8 Å². The number of likely N-dealkylation sites (N-methyl/N-ethyl adjacent to an activating group) is 1. The van der Waals surface area contributed by atoms with Crippen LogP contribution in [0.1, 0.15) is 98.5 Å². The second-order valence-electron chi connectivity index (χ2n) is 15.5. The molecule has 3 aromatic rings. The van der Waals surface area contributed by atoms with E-state index in [1.54, 1.807) is 13.2 Å². The fraction of sp³-hybridized carbons (Fsp3) is 0.568. The average Bonchev–Trinajstić information content (AvgIpc) is 3.99. The molecule has 8 rings (SSSR count). The number of hydrogen-bond acceptors (Lipinski definition) is 6. The van der Waals surface area contributed by atoms with Gasteiger partial charge in [-0.3, -0.25) is 9.59 Å². The van der Waals surface area contributed by atoms with Crippen LogP contribution >= 0.6 is 0 Å². The molecule has 10 heteroatoms. The van der Waals surface area contributed by atoms with E-state index in [1.807, 2.05) is 25.2 Å². The van der Waals surface area contributed by atoms with Crippen LogP contribution < -0.4 is 14.8 Å². The maximum Gasteiger partial charge on any atom is 0.264 e. The summed E-state index contributed by atoms with van der Waals surface area (Å²) in [5, 5.41) is 3.92. The topological polar surface area (TPSA) is 110 Å². The number of nitrogens with one attached hydrogen (secondary N) is 2. The van der Waals surface area contributed by atoms with Crippen molar-refractivity contribution in [1.29, 1.82) is 0 Å². The lowest BCUT2D eigenvalue weighted by Crippen LogP contribution is -2.68. The third-order valence-electron chi connectivity index (χ3n) is 11.9. The lowest BCUT2D eigenvalue weighted by atomic mass is 9.73. The highest BCUT2D eigenvalue weighted by Crippen LogP contribution is 2.67. The van der Waals surface area contributed by atoms with Crippen LogP contribution in [-0.2, 0) is 21.4 Å². The fourth-order valence-electron chi connectivity index (χ4n) is 9.12. The van der Waals surface area contributed by atoms with E-state index in [-0.39, 0.29) is 23.3 Å². The Bertz CT molecular complexity index is 1900. The van der Waals surface area contributed by atoms with Crippen molar-refractivity contribution in [3.63, 3.8) is 0 Å². The average molecular weight is 659 g/mol. The van der Waals surface area contributed by atoms with Gasteiger partial charge < -0.3 is 19.5 Å². The minimum Gasteiger partial charge on any atom is -0.497 e. The third-order valence-corrected chi connectivity index (χ3v) is 13.7. The Morgan fingerprint density at radius 2 is 1.77 bits per heavy atom. The van der Waals surface area contributed by atoms with E-state index in [4.69, 9.17) is 4.74 Å². The molecule has 2 amide bonds. The molecule has 3 aliphatic carbocycles. The molecule has 3 atom stereocenters. The Morgan fingerprint density at radius 1 is 1.00 bits per heavy atom. The predicted molar refractivity (Wildman–Crippen MR) is 182 cm³/mol. The molecule has 3 saturated carbocycles. The van der Waals surface area contributed by atoms with Crippen LogP contribution in [0.25, 0.3) is 22.2 Å². The molecular weight excluding hydrogens is 612 g/mol. The van der Waals surface area contributed by atoms with Gasteiger partial charge in [-0.2, -0.15) is 0 Å². The summed E-state index contributed by atoms with van der Waals surface area (Å²) < 4.78 is 35.8. The van der Waals surface area contributed by atoms with Gasteiger partial charge in [0.1, 0.15) is 5.75 Å². The van der Waals surface area contributed by atoms with Crippen molar-refractivity contribution in [2.24, 2.45) is 10.8 Å². The summed E-state index contributed by atoms with van der Waals surface area (Å²) in [5.74, 6) is 0.817. The normalized spacial score (nSPS) is 26.4. The van der Waals surface area contributed by atoms with Gasteiger partial charge in [0, 0.05) is 53.0 Å². The zero-order valence-corrected chi connectivity index (χ0v) is 28.7. The molecule has 250 valence electrons. The van der Waals surface area contributed by atoms with Crippen LogP contribution in [0.15, 0.2) is 36.4 Å². The molecule has 3 heterocycles. The molecule has 2 N–H and O–H groups in total. The Hall–Kier alpha value is -3.37. The van der Waals surface area contributed by atoms with Crippen molar-refractivity contribution in [3.8, 4) is 17.0 Å². The quantitative estimate of drug-likeness (QED) is 0.330. The second kappa shape index (κ2) is 10.8. The number of hydrogen-bond donors (Lipinski definition) is 2. The first-order valence-corrected chi connectivity index (χ1v) is 18.9. The first-order valence-electron chi connectivity index (χ1n) is 17.3. The number of methoxy groups -OCH3 is 1. The van der Waals surface area contributed by atoms with Crippen molar-refractivity contribution >= 4 is 32.7 Å². The van der Waals surface area contributed by atoms with E-state index in [2.05, 4.69) is 45.5 Å². The Labute approximate surface area is 277 Å². The zero-order valence-electron chi connectivity index (χ0n) is 27.9. The second-order valence-corrected chi connectivity index (χ2v) is 17.4.